The van der Waals surface area contributed by atoms with Crippen LogP contribution in [-0.4, -0.2) is 26.1 Å². The second kappa shape index (κ2) is 5.27. The molecule has 0 bridgehead atoms. The minimum absolute atomic E-state index is 0.0962. The minimum atomic E-state index is -0.425. The molecule has 2 rings (SSSR count). The molecule has 0 aliphatic carbocycles. The molecule has 1 aliphatic rings. The van der Waals surface area contributed by atoms with Gasteiger partial charge in [-0.3, -0.25) is 4.79 Å². The number of ether oxygens (including phenoxy) is 2. The molecule has 1 aromatic rings. The van der Waals surface area contributed by atoms with Gasteiger partial charge in [-0.1, -0.05) is 0 Å². The van der Waals surface area contributed by atoms with Crippen molar-refractivity contribution >= 4 is 5.78 Å². The molecule has 0 N–H and O–H groups in total. The Morgan fingerprint density at radius 1 is 1.53 bits per heavy atom. The molecular weight excluding hydrogens is 223 g/mol. The maximum atomic E-state index is 13.2. The van der Waals surface area contributed by atoms with Crippen LogP contribution in [0.15, 0.2) is 18.2 Å². The van der Waals surface area contributed by atoms with E-state index in [4.69, 9.17) is 9.47 Å². The first-order valence-electron chi connectivity index (χ1n) is 5.68. The molecule has 0 spiro atoms. The third-order valence-corrected chi connectivity index (χ3v) is 2.96. The zero-order valence-corrected chi connectivity index (χ0v) is 9.74. The van der Waals surface area contributed by atoms with Gasteiger partial charge < -0.3 is 9.47 Å². The highest BCUT2D eigenvalue weighted by Crippen LogP contribution is 2.26. The summed E-state index contributed by atoms with van der Waals surface area (Å²) in [5, 5.41) is 0. The predicted octanol–water partition coefficient (Wildman–Crippen LogP) is 2.44. The molecule has 92 valence electrons. The van der Waals surface area contributed by atoms with Crippen molar-refractivity contribution in [3.05, 3.63) is 29.6 Å². The lowest BCUT2D eigenvalue weighted by atomic mass is 9.92. The van der Waals surface area contributed by atoms with E-state index in [0.29, 0.717) is 24.5 Å². The lowest BCUT2D eigenvalue weighted by Crippen LogP contribution is -2.25. The first kappa shape index (κ1) is 12.0. The number of benzene rings is 1. The van der Waals surface area contributed by atoms with E-state index in [9.17, 15) is 9.18 Å². The summed E-state index contributed by atoms with van der Waals surface area (Å²) in [5.74, 6) is -0.284. The van der Waals surface area contributed by atoms with Crippen LogP contribution in [0.3, 0.4) is 0 Å². The van der Waals surface area contributed by atoms with Gasteiger partial charge in [0.2, 0.25) is 0 Å². The molecule has 0 amide bonds. The lowest BCUT2D eigenvalue weighted by molar-refractivity contribution is 0.0459. The summed E-state index contributed by atoms with van der Waals surface area (Å²) in [7, 11) is 1.47. The molecule has 1 atom stereocenters. The van der Waals surface area contributed by atoms with Gasteiger partial charge >= 0.3 is 0 Å². The van der Waals surface area contributed by atoms with Crippen molar-refractivity contribution < 1.29 is 18.7 Å². The third kappa shape index (κ3) is 2.64. The van der Waals surface area contributed by atoms with Gasteiger partial charge in [0, 0.05) is 12.5 Å². The summed E-state index contributed by atoms with van der Waals surface area (Å²) < 4.78 is 23.5. The number of hydrogen-bond acceptors (Lipinski definition) is 3. The van der Waals surface area contributed by atoms with Gasteiger partial charge in [0.25, 0.3) is 0 Å². The molecule has 1 fully saturated rings. The van der Waals surface area contributed by atoms with Crippen LogP contribution in [0.1, 0.15) is 23.2 Å². The maximum Gasteiger partial charge on any atom is 0.172 e. The number of ketones is 1. The molecule has 1 heterocycles. The van der Waals surface area contributed by atoms with Crippen LogP contribution in [0, 0.1) is 11.7 Å². The highest BCUT2D eigenvalue weighted by molar-refractivity contribution is 6.00. The van der Waals surface area contributed by atoms with E-state index in [1.807, 2.05) is 0 Å². The van der Waals surface area contributed by atoms with Gasteiger partial charge in [0.05, 0.1) is 19.3 Å². The Morgan fingerprint density at radius 3 is 3.00 bits per heavy atom. The van der Waals surface area contributed by atoms with Crippen LogP contribution in [0.4, 0.5) is 4.39 Å². The molecule has 0 aromatic heterocycles. The van der Waals surface area contributed by atoms with Gasteiger partial charge in [0.15, 0.2) is 5.78 Å². The number of halogens is 1. The van der Waals surface area contributed by atoms with Gasteiger partial charge in [-0.05, 0) is 31.0 Å². The van der Waals surface area contributed by atoms with Crippen molar-refractivity contribution in [1.82, 2.24) is 0 Å². The van der Waals surface area contributed by atoms with E-state index in [2.05, 4.69) is 0 Å². The zero-order valence-electron chi connectivity index (χ0n) is 9.74. The normalized spacial score (nSPS) is 20.0. The summed E-state index contributed by atoms with van der Waals surface area (Å²) in [4.78, 5) is 12.2. The third-order valence-electron chi connectivity index (χ3n) is 2.96. The SMILES string of the molecule is COc1ccc(F)cc1C(=O)C1CCCOC1. The number of rotatable bonds is 3. The maximum absolute atomic E-state index is 13.2. The first-order chi connectivity index (χ1) is 8.22. The minimum Gasteiger partial charge on any atom is -0.496 e. The molecule has 17 heavy (non-hydrogen) atoms. The molecule has 0 saturated carbocycles. The van der Waals surface area contributed by atoms with Crippen LogP contribution < -0.4 is 4.74 Å². The fourth-order valence-corrected chi connectivity index (χ4v) is 2.04. The average Bonchev–Trinajstić information content (AvgIpc) is 2.39. The Kier molecular flexibility index (Phi) is 3.74. The monoisotopic (exact) mass is 238 g/mol. The van der Waals surface area contributed by atoms with Crippen molar-refractivity contribution in [2.75, 3.05) is 20.3 Å². The zero-order chi connectivity index (χ0) is 12.3. The van der Waals surface area contributed by atoms with Crippen molar-refractivity contribution in [1.29, 1.82) is 0 Å². The summed E-state index contributed by atoms with van der Waals surface area (Å²) >= 11 is 0. The molecule has 1 unspecified atom stereocenters. The smallest absolute Gasteiger partial charge is 0.172 e. The van der Waals surface area contributed by atoms with E-state index in [-0.39, 0.29) is 11.7 Å². The lowest BCUT2D eigenvalue weighted by Gasteiger charge is -2.21. The van der Waals surface area contributed by atoms with Crippen LogP contribution in [0.25, 0.3) is 0 Å². The van der Waals surface area contributed by atoms with Gasteiger partial charge in [-0.25, -0.2) is 4.39 Å². The van der Waals surface area contributed by atoms with E-state index in [1.165, 1.54) is 25.3 Å². The number of hydrogen-bond donors (Lipinski definition) is 0. The molecule has 1 aromatic carbocycles. The fraction of sp³-hybridized carbons (Fsp3) is 0.462. The Morgan fingerprint density at radius 2 is 2.35 bits per heavy atom. The molecular formula is C13H15FO3. The fourth-order valence-electron chi connectivity index (χ4n) is 2.04. The van der Waals surface area contributed by atoms with Crippen LogP contribution in [-0.2, 0) is 4.74 Å². The number of Topliss-reactive ketones (excluding diaryl/α,β-unsaturated/α-hetero) is 1. The van der Waals surface area contributed by atoms with Crippen molar-refractivity contribution in [3.8, 4) is 5.75 Å². The van der Waals surface area contributed by atoms with Gasteiger partial charge in [-0.2, -0.15) is 0 Å². The highest BCUT2D eigenvalue weighted by atomic mass is 19.1. The first-order valence-corrected chi connectivity index (χ1v) is 5.68. The van der Waals surface area contributed by atoms with E-state index >= 15 is 0 Å². The standard InChI is InChI=1S/C13H15FO3/c1-16-12-5-4-10(14)7-11(12)13(15)9-3-2-6-17-8-9/h4-5,7,9H,2-3,6,8H2,1H3. The predicted molar refractivity (Wildman–Crippen MR) is 60.8 cm³/mol. The molecule has 1 saturated heterocycles. The summed E-state index contributed by atoms with van der Waals surface area (Å²) in [6.07, 6.45) is 1.66. The van der Waals surface area contributed by atoms with Crippen LogP contribution in [0.2, 0.25) is 0 Å². The molecule has 1 aliphatic heterocycles. The number of carbonyl (C=O) groups excluding carboxylic acids is 1. The molecule has 3 nitrogen and oxygen atoms in total. The summed E-state index contributed by atoms with van der Waals surface area (Å²) in [6, 6.07) is 4.00. The van der Waals surface area contributed by atoms with Crippen LogP contribution in [0.5, 0.6) is 5.75 Å². The van der Waals surface area contributed by atoms with Gasteiger partial charge in [0.1, 0.15) is 11.6 Å². The van der Waals surface area contributed by atoms with E-state index in [0.717, 1.165) is 12.8 Å². The number of methoxy groups -OCH3 is 1. The van der Waals surface area contributed by atoms with E-state index < -0.39 is 5.82 Å². The average molecular weight is 238 g/mol. The molecule has 0 radical (unpaired) electrons. The van der Waals surface area contributed by atoms with Crippen LogP contribution >= 0.6 is 0 Å². The highest BCUT2D eigenvalue weighted by Gasteiger charge is 2.25. The Hall–Kier alpha value is -1.42. The second-order valence-corrected chi connectivity index (χ2v) is 4.12. The Bertz CT molecular complexity index is 411. The topological polar surface area (TPSA) is 35.5 Å². The van der Waals surface area contributed by atoms with Crippen molar-refractivity contribution in [2.45, 2.75) is 12.8 Å². The summed E-state index contributed by atoms with van der Waals surface area (Å²) in [6.45, 7) is 1.11. The number of carbonyl (C=O) groups is 1. The Labute approximate surface area is 99.5 Å². The van der Waals surface area contributed by atoms with Crippen molar-refractivity contribution in [2.24, 2.45) is 5.92 Å². The summed E-state index contributed by atoms with van der Waals surface area (Å²) in [5.41, 5.74) is 0.308. The Balaban J connectivity index is 2.25. The van der Waals surface area contributed by atoms with Crippen molar-refractivity contribution in [3.63, 3.8) is 0 Å². The van der Waals surface area contributed by atoms with E-state index in [1.54, 1.807) is 0 Å². The molecule has 4 heteroatoms. The quantitative estimate of drug-likeness (QED) is 0.759. The second-order valence-electron chi connectivity index (χ2n) is 4.12. The van der Waals surface area contributed by atoms with Gasteiger partial charge in [-0.15, -0.1) is 0 Å². The largest absolute Gasteiger partial charge is 0.496 e.